The molecule has 0 bridgehead atoms. The topological polar surface area (TPSA) is 60.7 Å². The van der Waals surface area contributed by atoms with Crippen molar-refractivity contribution < 1.29 is 77.5 Å². The van der Waals surface area contributed by atoms with Gasteiger partial charge in [0.05, 0.1) is 0 Å². The van der Waals surface area contributed by atoms with Crippen molar-refractivity contribution in [2.24, 2.45) is 0 Å². The predicted molar refractivity (Wildman–Crippen MR) is 39.4 cm³/mol. The third-order valence-electron chi connectivity index (χ3n) is 0. The Kier molecular flexibility index (Phi) is 63.9. The molecule has 0 aliphatic heterocycles. The van der Waals surface area contributed by atoms with Gasteiger partial charge in [0.1, 0.15) is 0 Å². The van der Waals surface area contributed by atoms with Crippen molar-refractivity contribution >= 4 is 82.1 Å². The fraction of sp³-hybridized carbons (Fsp3) is 0. The van der Waals surface area contributed by atoms with Crippen LogP contribution in [0.5, 0.6) is 0 Å². The van der Waals surface area contributed by atoms with Gasteiger partial charge in [-0.05, 0) is 14.8 Å². The van der Waals surface area contributed by atoms with Crippen LogP contribution in [0.3, 0.4) is 0 Å². The van der Waals surface area contributed by atoms with Crippen molar-refractivity contribution in [1.82, 2.24) is 0 Å². The van der Waals surface area contributed by atoms with Crippen LogP contribution in [0.15, 0.2) is 0 Å². The van der Waals surface area contributed by atoms with Gasteiger partial charge in [-0.25, -0.2) is 0 Å². The van der Waals surface area contributed by atoms with E-state index in [1.807, 2.05) is 0 Å². The molecular formula is H7BBaBrO3RbS. The first-order chi connectivity index (χ1) is 2.73. The van der Waals surface area contributed by atoms with Crippen molar-refractivity contribution in [1.29, 1.82) is 0 Å². The molecule has 0 aromatic carbocycles. The quantitative estimate of drug-likeness (QED) is 0.249. The second-order valence-electron chi connectivity index (χ2n) is 0.346. The largest absolute Gasteiger partial charge is 2.00 e. The zero-order valence-electron chi connectivity index (χ0n) is 7.45. The van der Waals surface area contributed by atoms with Crippen LogP contribution in [0.25, 0.3) is 0 Å². The monoisotopic (exact) mass is 400 g/mol. The first kappa shape index (κ1) is 22.7. The van der Waals surface area contributed by atoms with Crippen LogP contribution >= 0.6 is 25.9 Å². The third-order valence-corrected chi connectivity index (χ3v) is 0. The number of hydrogen-bond donors (Lipinski definition) is 4. The molecule has 0 aromatic heterocycles. The van der Waals surface area contributed by atoms with Crippen LogP contribution in [-0.4, -0.2) is 71.3 Å². The Morgan fingerprint density at radius 1 is 1.25 bits per heavy atom. The van der Waals surface area contributed by atoms with Gasteiger partial charge in [0.15, 0.2) is 0 Å². The van der Waals surface area contributed by atoms with Gasteiger partial charge in [-0.1, -0.05) is 0 Å². The second kappa shape index (κ2) is 22.5. The third kappa shape index (κ3) is 49.3. The van der Waals surface area contributed by atoms with Crippen LogP contribution in [0.4, 0.5) is 0 Å². The molecule has 3 N–H and O–H groups in total. The van der Waals surface area contributed by atoms with E-state index >= 15 is 0 Å². The summed E-state index contributed by atoms with van der Waals surface area (Å²) in [4.78, 5) is 0. The van der Waals surface area contributed by atoms with Crippen molar-refractivity contribution in [2.45, 2.75) is 0 Å². The average molecular weight is 401 g/mol. The fourth-order valence-corrected chi connectivity index (χ4v) is 0. The van der Waals surface area contributed by atoms with E-state index in [4.69, 9.17) is 15.1 Å². The van der Waals surface area contributed by atoms with E-state index in [0.717, 1.165) is 0 Å². The smallest absolute Gasteiger partial charge is 1.00 e. The maximum Gasteiger partial charge on any atom is 2.00 e. The molecule has 3 nitrogen and oxygen atoms in total. The predicted octanol–water partition coefficient (Wildman–Crippen LogP) is -3.87. The van der Waals surface area contributed by atoms with Crippen LogP contribution in [-0.2, 0) is 0 Å². The number of rotatable bonds is 0. The van der Waals surface area contributed by atoms with Gasteiger partial charge in [-0.2, -0.15) is 0 Å². The minimum Gasteiger partial charge on any atom is -1.00 e. The maximum atomic E-state index is 7.17. The standard InChI is InChI=1S/BH3O3.Ba.BrHS.Rb.3H/c2-1(3)4;;1-2;;;;/h2-4H;;2H;;;;/q;+2;;+1;3*-1. The summed E-state index contributed by atoms with van der Waals surface area (Å²) < 4.78 is 0. The number of halogens is 1. The van der Waals surface area contributed by atoms with Gasteiger partial charge in [0.2, 0.25) is 0 Å². The van der Waals surface area contributed by atoms with E-state index in [1.165, 1.54) is 0 Å². The van der Waals surface area contributed by atoms with E-state index < -0.39 is 7.32 Å². The van der Waals surface area contributed by atoms with Crippen LogP contribution in [0.2, 0.25) is 0 Å². The molecule has 0 aliphatic rings. The molecule has 0 spiro atoms. The Morgan fingerprint density at radius 2 is 1.25 bits per heavy atom. The van der Waals surface area contributed by atoms with E-state index in [2.05, 4.69) is 25.9 Å². The van der Waals surface area contributed by atoms with Gasteiger partial charge in [-0.15, -0.1) is 11.1 Å². The summed E-state index contributed by atoms with van der Waals surface area (Å²) in [6.07, 6.45) is 0. The fourth-order valence-electron chi connectivity index (χ4n) is 0. The average Bonchev–Trinajstić information content (AvgIpc) is 1.41. The zero-order valence-corrected chi connectivity index (χ0v) is 16.3. The summed E-state index contributed by atoms with van der Waals surface area (Å²) >= 11 is 5.97. The summed E-state index contributed by atoms with van der Waals surface area (Å²) in [5, 5.41) is 21.5. The minimum absolute atomic E-state index is 0. The molecule has 0 radical (unpaired) electrons. The molecule has 44 valence electrons. The Labute approximate surface area is 155 Å². The van der Waals surface area contributed by atoms with Gasteiger partial charge in [-0.3, -0.25) is 0 Å². The maximum absolute atomic E-state index is 7.17. The number of thiol groups is 1. The Bertz CT molecular complexity index is 33.3. The summed E-state index contributed by atoms with van der Waals surface area (Å²) in [5.41, 5.74) is 0. The van der Waals surface area contributed by atoms with Gasteiger partial charge in [0.25, 0.3) is 0 Å². The SMILES string of the molecule is OB(O)O.SBr.[Ba+2].[H-].[H-].[H-].[Rb+]. The summed E-state index contributed by atoms with van der Waals surface area (Å²) in [5.74, 6) is 0. The molecular weight excluding hydrogens is 394 g/mol. The van der Waals surface area contributed by atoms with Gasteiger partial charge < -0.3 is 19.4 Å². The van der Waals surface area contributed by atoms with Crippen molar-refractivity contribution in [3.05, 3.63) is 0 Å². The van der Waals surface area contributed by atoms with Gasteiger partial charge in [0, 0.05) is 0 Å². The Morgan fingerprint density at radius 3 is 1.25 bits per heavy atom. The summed E-state index contributed by atoms with van der Waals surface area (Å²) in [6.45, 7) is 0. The second-order valence-corrected chi connectivity index (χ2v) is 0.346. The van der Waals surface area contributed by atoms with Crippen LogP contribution < -0.4 is 58.2 Å². The van der Waals surface area contributed by atoms with E-state index in [0.29, 0.717) is 0 Å². The van der Waals surface area contributed by atoms with E-state index in [1.54, 1.807) is 0 Å². The molecule has 0 aliphatic carbocycles. The Hall–Kier alpha value is 4.15. The normalized spacial score (nSPS) is 4.12. The molecule has 8 heavy (non-hydrogen) atoms. The molecule has 0 saturated carbocycles. The van der Waals surface area contributed by atoms with Crippen LogP contribution in [0.1, 0.15) is 4.28 Å². The molecule has 8 heteroatoms. The van der Waals surface area contributed by atoms with E-state index in [9.17, 15) is 0 Å². The zero-order chi connectivity index (χ0) is 5.58. The van der Waals surface area contributed by atoms with Crippen molar-refractivity contribution in [3.8, 4) is 0 Å². The first-order valence-electron chi connectivity index (χ1n) is 0.944. The van der Waals surface area contributed by atoms with Crippen molar-refractivity contribution in [3.63, 3.8) is 0 Å². The Balaban J connectivity index is -0.00000000432. The molecule has 0 fully saturated rings. The molecule has 0 aromatic rings. The summed E-state index contributed by atoms with van der Waals surface area (Å²) in [6, 6.07) is 0. The summed E-state index contributed by atoms with van der Waals surface area (Å²) in [7, 11) is -2.17. The van der Waals surface area contributed by atoms with Crippen LogP contribution in [0, 0.1) is 0 Å². The van der Waals surface area contributed by atoms with E-state index in [-0.39, 0.29) is 111 Å². The number of hydrogen-bond acceptors (Lipinski definition) is 4. The molecule has 0 amide bonds. The first-order valence-corrected chi connectivity index (χ1v) is 3.41. The molecule has 0 rings (SSSR count). The minimum atomic E-state index is -2.17. The van der Waals surface area contributed by atoms with Crippen molar-refractivity contribution in [2.75, 3.05) is 0 Å². The molecule has 0 atom stereocenters. The van der Waals surface area contributed by atoms with Gasteiger partial charge >= 0.3 is 114 Å². The molecule has 0 saturated heterocycles. The molecule has 0 heterocycles. The molecule has 0 unspecified atom stereocenters.